The van der Waals surface area contributed by atoms with Crippen LogP contribution >= 0.6 is 11.8 Å². The van der Waals surface area contributed by atoms with Crippen LogP contribution in [0.5, 0.6) is 0 Å². The molecule has 2 aromatic carbocycles. The minimum Gasteiger partial charge on any atom is -0.348 e. The minimum atomic E-state index is -0.682. The Hall–Kier alpha value is -3.04. The second-order valence-corrected chi connectivity index (χ2v) is 9.63. The van der Waals surface area contributed by atoms with Crippen LogP contribution in [0.4, 0.5) is 0 Å². The number of carbonyl (C=O) groups excluding carboxylic acids is 1. The van der Waals surface area contributed by atoms with E-state index in [1.165, 1.54) is 10.5 Å². The molecule has 1 aliphatic carbocycles. The van der Waals surface area contributed by atoms with Crippen molar-refractivity contribution in [1.82, 2.24) is 10.2 Å². The van der Waals surface area contributed by atoms with Crippen molar-refractivity contribution in [2.45, 2.75) is 36.0 Å². The van der Waals surface area contributed by atoms with E-state index in [1.807, 2.05) is 30.3 Å². The van der Waals surface area contributed by atoms with Crippen molar-refractivity contribution in [1.29, 1.82) is 10.7 Å². The van der Waals surface area contributed by atoms with Crippen LogP contribution in [-0.4, -0.2) is 34.6 Å². The Labute approximate surface area is 180 Å². The van der Waals surface area contributed by atoms with Gasteiger partial charge in [-0.2, -0.15) is 5.26 Å². The van der Waals surface area contributed by atoms with E-state index in [-0.39, 0.29) is 17.1 Å². The van der Waals surface area contributed by atoms with Gasteiger partial charge in [-0.3, -0.25) is 15.1 Å². The van der Waals surface area contributed by atoms with Gasteiger partial charge in [-0.25, -0.2) is 0 Å². The van der Waals surface area contributed by atoms with Gasteiger partial charge in [-0.1, -0.05) is 42.5 Å². The number of nitrogens with one attached hydrogen (secondary N) is 2. The van der Waals surface area contributed by atoms with Crippen LogP contribution in [0.3, 0.4) is 0 Å². The number of rotatable bonds is 2. The molecule has 1 fully saturated rings. The van der Waals surface area contributed by atoms with Crippen molar-refractivity contribution in [3.8, 4) is 6.07 Å². The highest BCUT2D eigenvalue weighted by molar-refractivity contribution is 8.09. The Morgan fingerprint density at radius 1 is 1.27 bits per heavy atom. The second kappa shape index (κ2) is 6.48. The SMILES string of the molecule is CN1C(=N)N[C@](C)(C2CC=C(c3cccc(C#N)c3)S2)[C@@]2(Cc3ccccc32)C1=O. The molecule has 2 heterocycles. The summed E-state index contributed by atoms with van der Waals surface area (Å²) in [6, 6.07) is 18.0. The Balaban J connectivity index is 1.54. The third-order valence-electron chi connectivity index (χ3n) is 6.91. The van der Waals surface area contributed by atoms with Crippen LogP contribution in [0.15, 0.2) is 54.6 Å². The van der Waals surface area contributed by atoms with E-state index < -0.39 is 11.0 Å². The average molecular weight is 415 g/mol. The number of fused-ring (bicyclic) bond motifs is 2. The smallest absolute Gasteiger partial charge is 0.242 e. The normalized spacial score (nSPS) is 29.7. The largest absolute Gasteiger partial charge is 0.348 e. The lowest BCUT2D eigenvalue weighted by atomic mass is 9.52. The molecule has 150 valence electrons. The van der Waals surface area contributed by atoms with Gasteiger partial charge in [0, 0.05) is 17.2 Å². The van der Waals surface area contributed by atoms with E-state index in [9.17, 15) is 10.1 Å². The summed E-state index contributed by atoms with van der Waals surface area (Å²) in [6.45, 7) is 2.10. The molecular weight excluding hydrogens is 392 g/mol. The van der Waals surface area contributed by atoms with Gasteiger partial charge < -0.3 is 5.32 Å². The number of nitrogens with zero attached hydrogens (tertiary/aromatic N) is 2. The third kappa shape index (κ3) is 2.36. The topological polar surface area (TPSA) is 80.0 Å². The van der Waals surface area contributed by atoms with Crippen molar-refractivity contribution in [2.75, 3.05) is 7.05 Å². The fourth-order valence-electron chi connectivity index (χ4n) is 5.17. The van der Waals surface area contributed by atoms with Crippen molar-refractivity contribution in [3.05, 3.63) is 76.9 Å². The van der Waals surface area contributed by atoms with E-state index in [0.717, 1.165) is 22.5 Å². The fourth-order valence-corrected chi connectivity index (χ4v) is 6.62. The van der Waals surface area contributed by atoms with Crippen molar-refractivity contribution in [3.63, 3.8) is 0 Å². The molecule has 1 amide bonds. The summed E-state index contributed by atoms with van der Waals surface area (Å²) in [6.07, 6.45) is 3.68. The van der Waals surface area contributed by atoms with E-state index in [1.54, 1.807) is 24.9 Å². The minimum absolute atomic E-state index is 0.00650. The quantitative estimate of drug-likeness (QED) is 0.786. The van der Waals surface area contributed by atoms with E-state index in [4.69, 9.17) is 5.41 Å². The van der Waals surface area contributed by atoms with E-state index in [2.05, 4.69) is 36.5 Å². The van der Waals surface area contributed by atoms with Crippen molar-refractivity contribution in [2.24, 2.45) is 0 Å². The van der Waals surface area contributed by atoms with Crippen molar-refractivity contribution < 1.29 is 4.79 Å². The molecular formula is C24H22N4OS. The number of guanidine groups is 1. The van der Waals surface area contributed by atoms with Crippen LogP contribution in [0.2, 0.25) is 0 Å². The summed E-state index contributed by atoms with van der Waals surface area (Å²) in [7, 11) is 1.68. The Morgan fingerprint density at radius 3 is 2.83 bits per heavy atom. The maximum Gasteiger partial charge on any atom is 0.242 e. The van der Waals surface area contributed by atoms with Gasteiger partial charge in [0.1, 0.15) is 5.41 Å². The van der Waals surface area contributed by atoms with Crippen LogP contribution in [-0.2, 0) is 16.6 Å². The summed E-state index contributed by atoms with van der Waals surface area (Å²) in [5, 5.41) is 21.2. The highest BCUT2D eigenvalue weighted by Gasteiger charge is 2.67. The number of amides is 1. The number of likely N-dealkylation sites (N-methyl/N-ethyl adjacent to an activating group) is 1. The number of hydrogen-bond donors (Lipinski definition) is 2. The van der Waals surface area contributed by atoms with E-state index in [0.29, 0.717) is 12.0 Å². The first-order valence-corrected chi connectivity index (χ1v) is 10.9. The van der Waals surface area contributed by atoms with Crippen molar-refractivity contribution >= 4 is 28.5 Å². The zero-order chi connectivity index (χ0) is 21.1. The van der Waals surface area contributed by atoms with Gasteiger partial charge in [0.25, 0.3) is 0 Å². The lowest BCUT2D eigenvalue weighted by Crippen LogP contribution is -2.79. The molecule has 0 aromatic heterocycles. The first-order valence-electron chi connectivity index (χ1n) is 10.0. The maximum atomic E-state index is 13.6. The lowest BCUT2D eigenvalue weighted by molar-refractivity contribution is -0.139. The van der Waals surface area contributed by atoms with Gasteiger partial charge >= 0.3 is 0 Å². The predicted molar refractivity (Wildman–Crippen MR) is 119 cm³/mol. The van der Waals surface area contributed by atoms with Gasteiger partial charge in [0.15, 0.2) is 5.96 Å². The van der Waals surface area contributed by atoms with E-state index >= 15 is 0 Å². The molecule has 5 nitrogen and oxygen atoms in total. The Kier molecular flexibility index (Phi) is 4.09. The molecule has 1 unspecified atom stereocenters. The van der Waals surface area contributed by atoms with Gasteiger partial charge in [0.2, 0.25) is 5.91 Å². The summed E-state index contributed by atoms with van der Waals surface area (Å²) in [4.78, 5) is 16.2. The first kappa shape index (κ1) is 19.0. The molecule has 2 aliphatic heterocycles. The summed E-state index contributed by atoms with van der Waals surface area (Å²) < 4.78 is 0. The molecule has 6 heteroatoms. The summed E-state index contributed by atoms with van der Waals surface area (Å²) in [5.41, 5.74) is 2.67. The molecule has 2 aromatic rings. The number of allylic oxidation sites excluding steroid dienone is 1. The van der Waals surface area contributed by atoms with Crippen LogP contribution in [0, 0.1) is 16.7 Å². The first-order chi connectivity index (χ1) is 14.4. The number of nitriles is 1. The highest BCUT2D eigenvalue weighted by atomic mass is 32.2. The number of thioether (sulfide) groups is 1. The molecule has 0 saturated carbocycles. The predicted octanol–water partition coefficient (Wildman–Crippen LogP) is 3.65. The molecule has 3 atom stereocenters. The van der Waals surface area contributed by atoms with Gasteiger partial charge in [0.05, 0.1) is 17.2 Å². The zero-order valence-electron chi connectivity index (χ0n) is 16.9. The highest BCUT2D eigenvalue weighted by Crippen LogP contribution is 2.57. The number of benzene rings is 2. The summed E-state index contributed by atoms with van der Waals surface area (Å²) in [5.74, 6) is 0.144. The second-order valence-electron chi connectivity index (χ2n) is 8.38. The Morgan fingerprint density at radius 2 is 2.07 bits per heavy atom. The molecule has 0 bridgehead atoms. The fraction of sp³-hybridized carbons (Fsp3) is 0.292. The zero-order valence-corrected chi connectivity index (χ0v) is 17.7. The lowest BCUT2D eigenvalue weighted by Gasteiger charge is -2.60. The molecule has 0 radical (unpaired) electrons. The molecule has 1 spiro atoms. The number of carbonyl (C=O) groups is 1. The standard InChI is InChI=1S/C24H22N4OS/c1-23(20-11-10-19(30-20)16-8-5-6-15(12-16)14-25)24(21(29)28(2)22(26)27-23)13-17-7-3-4-9-18(17)24/h3-10,12,20H,11,13H2,1-2H3,(H2,26,27)/t20?,23-,24-/m1/s1. The average Bonchev–Trinajstić information content (AvgIpc) is 3.24. The molecule has 3 aliphatic rings. The monoisotopic (exact) mass is 414 g/mol. The van der Waals surface area contributed by atoms with Gasteiger partial charge in [-0.15, -0.1) is 11.8 Å². The molecule has 5 rings (SSSR count). The molecule has 2 N–H and O–H groups in total. The number of hydrogen-bond acceptors (Lipinski definition) is 4. The van der Waals surface area contributed by atoms with Gasteiger partial charge in [-0.05, 0) is 48.6 Å². The van der Waals surface area contributed by atoms with Crippen LogP contribution in [0.25, 0.3) is 4.91 Å². The van der Waals surface area contributed by atoms with Crippen LogP contribution < -0.4 is 5.32 Å². The molecule has 30 heavy (non-hydrogen) atoms. The summed E-state index contributed by atoms with van der Waals surface area (Å²) >= 11 is 1.74. The Bertz CT molecular complexity index is 1170. The van der Waals surface area contributed by atoms with Crippen LogP contribution in [0.1, 0.15) is 35.6 Å². The third-order valence-corrected chi connectivity index (χ3v) is 8.51. The molecule has 1 saturated heterocycles. The maximum absolute atomic E-state index is 13.6.